The van der Waals surface area contributed by atoms with E-state index in [1.165, 1.54) is 28.6 Å². The predicted molar refractivity (Wildman–Crippen MR) is 104 cm³/mol. The minimum atomic E-state index is -3.70. The van der Waals surface area contributed by atoms with Crippen molar-refractivity contribution in [2.45, 2.75) is 4.90 Å². The van der Waals surface area contributed by atoms with Crippen LogP contribution in [0.2, 0.25) is 0 Å². The summed E-state index contributed by atoms with van der Waals surface area (Å²) in [6, 6.07) is 10.7. The zero-order valence-corrected chi connectivity index (χ0v) is 16.6. The second kappa shape index (κ2) is 8.30. The summed E-state index contributed by atoms with van der Waals surface area (Å²) in [4.78, 5) is 23.8. The Hall–Kier alpha value is -2.07. The van der Waals surface area contributed by atoms with Crippen molar-refractivity contribution in [3.05, 3.63) is 58.1 Å². The molecular formula is C18H17BrN2O5S. The first-order valence-corrected chi connectivity index (χ1v) is 10.4. The Balaban J connectivity index is 1.85. The maximum atomic E-state index is 12.7. The molecule has 142 valence electrons. The lowest BCUT2D eigenvalue weighted by Gasteiger charge is -2.26. The van der Waals surface area contributed by atoms with Crippen LogP contribution in [0.15, 0.2) is 51.8 Å². The predicted octanol–water partition coefficient (Wildman–Crippen LogP) is 2.53. The van der Waals surface area contributed by atoms with Gasteiger partial charge in [0.05, 0.1) is 23.8 Å². The van der Waals surface area contributed by atoms with Crippen molar-refractivity contribution in [3.8, 4) is 0 Å². The van der Waals surface area contributed by atoms with Gasteiger partial charge in [-0.25, -0.2) is 8.42 Å². The fraction of sp³-hybridized carbons (Fsp3) is 0.222. The van der Waals surface area contributed by atoms with Crippen molar-refractivity contribution in [3.63, 3.8) is 0 Å². The average Bonchev–Trinajstić information content (AvgIpc) is 2.70. The minimum Gasteiger partial charge on any atom is -0.379 e. The third-order valence-corrected chi connectivity index (χ3v) is 6.48. The summed E-state index contributed by atoms with van der Waals surface area (Å²) in [5, 5.41) is 2.64. The molecule has 0 radical (unpaired) electrons. The van der Waals surface area contributed by atoms with Crippen molar-refractivity contribution in [1.29, 1.82) is 0 Å². The number of nitrogens with one attached hydrogen (secondary N) is 1. The van der Waals surface area contributed by atoms with Crippen molar-refractivity contribution >= 4 is 43.8 Å². The number of hydrogen-bond acceptors (Lipinski definition) is 5. The van der Waals surface area contributed by atoms with E-state index >= 15 is 0 Å². The van der Waals surface area contributed by atoms with Crippen LogP contribution in [0.3, 0.4) is 0 Å². The Kier molecular flexibility index (Phi) is 6.05. The smallest absolute Gasteiger partial charge is 0.255 e. The summed E-state index contributed by atoms with van der Waals surface area (Å²) < 4.78 is 32.7. The number of nitrogens with zero attached hydrogens (tertiary/aromatic N) is 1. The number of amides is 1. The molecule has 9 heteroatoms. The number of sulfonamides is 1. The summed E-state index contributed by atoms with van der Waals surface area (Å²) in [6.07, 6.45) is 0.639. The molecule has 0 aromatic heterocycles. The molecule has 0 atom stereocenters. The van der Waals surface area contributed by atoms with Crippen LogP contribution in [-0.2, 0) is 14.8 Å². The summed E-state index contributed by atoms with van der Waals surface area (Å²) in [7, 11) is -3.70. The number of morpholine rings is 1. The summed E-state index contributed by atoms with van der Waals surface area (Å²) in [6.45, 7) is 1.25. The fourth-order valence-electron chi connectivity index (χ4n) is 2.67. The molecule has 27 heavy (non-hydrogen) atoms. The molecular weight excluding hydrogens is 436 g/mol. The summed E-state index contributed by atoms with van der Waals surface area (Å²) >= 11 is 3.27. The van der Waals surface area contributed by atoms with Crippen LogP contribution in [0.4, 0.5) is 5.69 Å². The highest BCUT2D eigenvalue weighted by atomic mass is 79.9. The number of aldehydes is 1. The number of anilines is 1. The monoisotopic (exact) mass is 452 g/mol. The van der Waals surface area contributed by atoms with Crippen molar-refractivity contribution in [2.24, 2.45) is 0 Å². The van der Waals surface area contributed by atoms with Crippen molar-refractivity contribution < 1.29 is 22.7 Å². The van der Waals surface area contributed by atoms with E-state index in [-0.39, 0.29) is 23.5 Å². The third kappa shape index (κ3) is 4.44. The highest BCUT2D eigenvalue weighted by Gasteiger charge is 2.26. The largest absolute Gasteiger partial charge is 0.379 e. The van der Waals surface area contributed by atoms with Gasteiger partial charge in [-0.05, 0) is 36.4 Å². The molecule has 0 bridgehead atoms. The van der Waals surface area contributed by atoms with Gasteiger partial charge in [-0.3, -0.25) is 9.59 Å². The molecule has 3 rings (SSSR count). The number of halogens is 1. The molecule has 1 saturated heterocycles. The maximum absolute atomic E-state index is 12.7. The maximum Gasteiger partial charge on any atom is 0.255 e. The van der Waals surface area contributed by atoms with E-state index < -0.39 is 15.9 Å². The van der Waals surface area contributed by atoms with Crippen LogP contribution in [0.5, 0.6) is 0 Å². The van der Waals surface area contributed by atoms with E-state index in [0.717, 1.165) is 0 Å². The van der Waals surface area contributed by atoms with Crippen LogP contribution in [0, 0.1) is 0 Å². The minimum absolute atomic E-state index is 0.0449. The standard InChI is InChI=1S/C18H17BrN2O5S/c19-15-4-5-17(14(10-15)12-22)20-18(23)13-2-1-3-16(11-13)27(24,25)21-6-8-26-9-7-21/h1-5,10-12H,6-9H2,(H,20,23). The summed E-state index contributed by atoms with van der Waals surface area (Å²) in [5.74, 6) is -0.501. The van der Waals surface area contributed by atoms with Gasteiger partial charge >= 0.3 is 0 Å². The number of benzene rings is 2. The van der Waals surface area contributed by atoms with Gasteiger partial charge in [0.1, 0.15) is 0 Å². The van der Waals surface area contributed by atoms with Gasteiger partial charge in [-0.15, -0.1) is 0 Å². The van der Waals surface area contributed by atoms with Crippen LogP contribution in [0.25, 0.3) is 0 Å². The second-order valence-corrected chi connectivity index (χ2v) is 8.70. The molecule has 2 aromatic carbocycles. The molecule has 1 heterocycles. The third-order valence-electron chi connectivity index (χ3n) is 4.09. The molecule has 1 N–H and O–H groups in total. The first-order chi connectivity index (χ1) is 12.9. The van der Waals surface area contributed by atoms with Gasteiger partial charge in [-0.2, -0.15) is 4.31 Å². The van der Waals surface area contributed by atoms with E-state index in [9.17, 15) is 18.0 Å². The highest BCUT2D eigenvalue weighted by Crippen LogP contribution is 2.22. The van der Waals surface area contributed by atoms with Crippen molar-refractivity contribution in [1.82, 2.24) is 4.31 Å². The molecule has 2 aromatic rings. The van der Waals surface area contributed by atoms with Gasteiger partial charge < -0.3 is 10.1 Å². The molecule has 0 spiro atoms. The number of rotatable bonds is 5. The van der Waals surface area contributed by atoms with Crippen LogP contribution in [0.1, 0.15) is 20.7 Å². The molecule has 1 aliphatic heterocycles. The molecule has 7 nitrogen and oxygen atoms in total. The number of carbonyl (C=O) groups excluding carboxylic acids is 2. The first-order valence-electron chi connectivity index (χ1n) is 8.16. The molecule has 0 unspecified atom stereocenters. The molecule has 1 amide bonds. The Labute approximate surface area is 165 Å². The SMILES string of the molecule is O=Cc1cc(Br)ccc1NC(=O)c1cccc(S(=O)(=O)N2CCOCC2)c1. The highest BCUT2D eigenvalue weighted by molar-refractivity contribution is 9.10. The normalized spacial score (nSPS) is 15.3. The zero-order chi connectivity index (χ0) is 19.4. The Morgan fingerprint density at radius 2 is 1.89 bits per heavy atom. The lowest BCUT2D eigenvalue weighted by molar-refractivity contribution is 0.0730. The number of carbonyl (C=O) groups is 2. The topological polar surface area (TPSA) is 92.8 Å². The molecule has 1 aliphatic rings. The van der Waals surface area contributed by atoms with Crippen molar-refractivity contribution in [2.75, 3.05) is 31.6 Å². The van der Waals surface area contributed by atoms with E-state index in [1.54, 1.807) is 18.2 Å². The fourth-order valence-corrected chi connectivity index (χ4v) is 4.51. The number of ether oxygens (including phenoxy) is 1. The quantitative estimate of drug-likeness (QED) is 0.703. The first kappa shape index (κ1) is 19.7. The van der Waals surface area contributed by atoms with Gasteiger partial charge in [0.2, 0.25) is 10.0 Å². The average molecular weight is 453 g/mol. The lowest BCUT2D eigenvalue weighted by atomic mass is 10.1. The molecule has 0 aliphatic carbocycles. The van der Waals surface area contributed by atoms with Crippen LogP contribution in [-0.4, -0.2) is 51.2 Å². The second-order valence-electron chi connectivity index (χ2n) is 5.85. The Morgan fingerprint density at radius 3 is 2.59 bits per heavy atom. The van der Waals surface area contributed by atoms with Gasteiger partial charge in [0.15, 0.2) is 6.29 Å². The lowest BCUT2D eigenvalue weighted by Crippen LogP contribution is -2.40. The van der Waals surface area contributed by atoms with E-state index in [1.807, 2.05) is 0 Å². The van der Waals surface area contributed by atoms with Gasteiger partial charge in [0.25, 0.3) is 5.91 Å². The van der Waals surface area contributed by atoms with Crippen LogP contribution >= 0.6 is 15.9 Å². The summed E-state index contributed by atoms with van der Waals surface area (Å²) in [5.41, 5.74) is 0.846. The van der Waals surface area contributed by atoms with E-state index in [2.05, 4.69) is 21.2 Å². The molecule has 1 fully saturated rings. The Bertz CT molecular complexity index is 971. The zero-order valence-electron chi connectivity index (χ0n) is 14.2. The van der Waals surface area contributed by atoms with Gasteiger partial charge in [0, 0.05) is 28.7 Å². The van der Waals surface area contributed by atoms with E-state index in [0.29, 0.717) is 35.2 Å². The van der Waals surface area contributed by atoms with Gasteiger partial charge in [-0.1, -0.05) is 22.0 Å². The Morgan fingerprint density at radius 1 is 1.15 bits per heavy atom. The molecule has 0 saturated carbocycles. The number of hydrogen-bond donors (Lipinski definition) is 1. The van der Waals surface area contributed by atoms with E-state index in [4.69, 9.17) is 4.74 Å². The van der Waals surface area contributed by atoms with Crippen LogP contribution < -0.4 is 5.32 Å².